The van der Waals surface area contributed by atoms with E-state index in [0.29, 0.717) is 0 Å². The van der Waals surface area contributed by atoms with E-state index in [9.17, 15) is 0 Å². The Balaban J connectivity index is 2.41. The van der Waals surface area contributed by atoms with E-state index in [4.69, 9.17) is 5.73 Å². The summed E-state index contributed by atoms with van der Waals surface area (Å²) in [6.07, 6.45) is 0. The molecule has 0 aliphatic rings. The number of nitrogens with one attached hydrogen (secondary N) is 1. The first-order valence-electron chi connectivity index (χ1n) is 5.88. The van der Waals surface area contributed by atoms with Gasteiger partial charge in [-0.25, -0.2) is 0 Å². The molecule has 2 aromatic carbocycles. The summed E-state index contributed by atoms with van der Waals surface area (Å²) in [7, 11) is 0. The third kappa shape index (κ3) is 2.51. The molecule has 0 aliphatic heterocycles. The van der Waals surface area contributed by atoms with Crippen LogP contribution in [0.3, 0.4) is 0 Å². The van der Waals surface area contributed by atoms with Crippen LogP contribution in [0.25, 0.3) is 0 Å². The summed E-state index contributed by atoms with van der Waals surface area (Å²) < 4.78 is 1.16. The summed E-state index contributed by atoms with van der Waals surface area (Å²) in [4.78, 5) is 0. The number of anilines is 3. The fraction of sp³-hybridized carbons (Fsp3) is 0.200. The third-order valence-electron chi connectivity index (χ3n) is 3.01. The SMILES string of the molecule is Cc1cc(Nc2c(C)cccc2N)cc(C)c1Br. The molecule has 0 radical (unpaired) electrons. The second-order valence-corrected chi connectivity index (χ2v) is 5.38. The highest BCUT2D eigenvalue weighted by Gasteiger charge is 2.06. The molecule has 0 aromatic heterocycles. The first-order chi connectivity index (χ1) is 8.49. The average molecular weight is 305 g/mol. The zero-order chi connectivity index (χ0) is 13.3. The van der Waals surface area contributed by atoms with Crippen LogP contribution in [-0.2, 0) is 0 Å². The largest absolute Gasteiger partial charge is 0.397 e. The van der Waals surface area contributed by atoms with Gasteiger partial charge in [-0.2, -0.15) is 0 Å². The van der Waals surface area contributed by atoms with Crippen LogP contribution in [0, 0.1) is 20.8 Å². The third-order valence-corrected chi connectivity index (χ3v) is 4.26. The number of hydrogen-bond acceptors (Lipinski definition) is 2. The highest BCUT2D eigenvalue weighted by molar-refractivity contribution is 9.10. The summed E-state index contributed by atoms with van der Waals surface area (Å²) in [5.74, 6) is 0. The maximum Gasteiger partial charge on any atom is 0.0647 e. The van der Waals surface area contributed by atoms with Gasteiger partial charge in [-0.05, 0) is 55.7 Å². The second kappa shape index (κ2) is 5.02. The fourth-order valence-electron chi connectivity index (χ4n) is 2.02. The van der Waals surface area contributed by atoms with Crippen molar-refractivity contribution in [1.82, 2.24) is 0 Å². The Labute approximate surface area is 116 Å². The van der Waals surface area contributed by atoms with Crippen molar-refractivity contribution in [3.63, 3.8) is 0 Å². The molecule has 0 atom stereocenters. The molecule has 0 unspecified atom stereocenters. The first kappa shape index (κ1) is 13.0. The van der Waals surface area contributed by atoms with Crippen LogP contribution < -0.4 is 11.1 Å². The Bertz CT molecular complexity index is 548. The number of nitrogens with two attached hydrogens (primary N) is 1. The predicted molar refractivity (Wildman–Crippen MR) is 82.5 cm³/mol. The fourth-order valence-corrected chi connectivity index (χ4v) is 2.25. The lowest BCUT2D eigenvalue weighted by molar-refractivity contribution is 1.33. The van der Waals surface area contributed by atoms with Crippen molar-refractivity contribution in [3.8, 4) is 0 Å². The van der Waals surface area contributed by atoms with Crippen molar-refractivity contribution in [2.45, 2.75) is 20.8 Å². The molecule has 0 fully saturated rings. The Hall–Kier alpha value is -1.48. The van der Waals surface area contributed by atoms with E-state index in [2.05, 4.69) is 60.2 Å². The van der Waals surface area contributed by atoms with Gasteiger partial charge in [-0.15, -0.1) is 0 Å². The predicted octanol–water partition coefficient (Wildman–Crippen LogP) is 4.70. The van der Waals surface area contributed by atoms with Crippen LogP contribution in [0.5, 0.6) is 0 Å². The van der Waals surface area contributed by atoms with Crippen molar-refractivity contribution in [2.75, 3.05) is 11.1 Å². The van der Waals surface area contributed by atoms with Crippen molar-refractivity contribution in [1.29, 1.82) is 0 Å². The van der Waals surface area contributed by atoms with Gasteiger partial charge in [-0.1, -0.05) is 28.1 Å². The van der Waals surface area contributed by atoms with E-state index in [1.807, 2.05) is 12.1 Å². The molecule has 0 bridgehead atoms. The smallest absolute Gasteiger partial charge is 0.0647 e. The molecule has 0 saturated carbocycles. The van der Waals surface area contributed by atoms with Crippen LogP contribution in [0.2, 0.25) is 0 Å². The van der Waals surface area contributed by atoms with Gasteiger partial charge in [0.2, 0.25) is 0 Å². The van der Waals surface area contributed by atoms with Gasteiger partial charge in [0.05, 0.1) is 11.4 Å². The quantitative estimate of drug-likeness (QED) is 0.789. The van der Waals surface area contributed by atoms with E-state index in [-0.39, 0.29) is 0 Å². The van der Waals surface area contributed by atoms with Gasteiger partial charge in [0, 0.05) is 10.2 Å². The van der Waals surface area contributed by atoms with Gasteiger partial charge in [0.25, 0.3) is 0 Å². The van der Waals surface area contributed by atoms with Gasteiger partial charge in [0.1, 0.15) is 0 Å². The normalized spacial score (nSPS) is 10.4. The Morgan fingerprint density at radius 1 is 1.00 bits per heavy atom. The number of halogens is 1. The maximum atomic E-state index is 6.00. The van der Waals surface area contributed by atoms with E-state index in [1.54, 1.807) is 0 Å². The summed E-state index contributed by atoms with van der Waals surface area (Å²) in [5, 5.41) is 3.40. The van der Waals surface area contributed by atoms with Crippen LogP contribution in [0.15, 0.2) is 34.8 Å². The van der Waals surface area contributed by atoms with Gasteiger partial charge >= 0.3 is 0 Å². The number of nitrogen functional groups attached to an aromatic ring is 1. The molecule has 0 amide bonds. The monoisotopic (exact) mass is 304 g/mol. The minimum Gasteiger partial charge on any atom is -0.397 e. The molecular weight excluding hydrogens is 288 g/mol. The molecule has 3 N–H and O–H groups in total. The number of rotatable bonds is 2. The molecule has 3 heteroatoms. The Kier molecular flexibility index (Phi) is 3.62. The standard InChI is InChI=1S/C15H17BrN2/c1-9-5-4-6-13(17)15(9)18-12-7-10(2)14(16)11(3)8-12/h4-8,18H,17H2,1-3H3. The summed E-state index contributed by atoms with van der Waals surface area (Å²) in [5.41, 5.74) is 12.4. The van der Waals surface area contributed by atoms with Crippen molar-refractivity contribution in [2.24, 2.45) is 0 Å². The number of aryl methyl sites for hydroxylation is 3. The van der Waals surface area contributed by atoms with Crippen molar-refractivity contribution < 1.29 is 0 Å². The van der Waals surface area contributed by atoms with E-state index in [1.165, 1.54) is 11.1 Å². The number of benzene rings is 2. The van der Waals surface area contributed by atoms with E-state index >= 15 is 0 Å². The summed E-state index contributed by atoms with van der Waals surface area (Å²) >= 11 is 3.58. The van der Waals surface area contributed by atoms with Gasteiger partial charge in [0.15, 0.2) is 0 Å². The van der Waals surface area contributed by atoms with Crippen LogP contribution >= 0.6 is 15.9 Å². The van der Waals surface area contributed by atoms with Crippen LogP contribution in [0.4, 0.5) is 17.1 Å². The van der Waals surface area contributed by atoms with Gasteiger partial charge < -0.3 is 11.1 Å². The second-order valence-electron chi connectivity index (χ2n) is 4.59. The van der Waals surface area contributed by atoms with Gasteiger partial charge in [-0.3, -0.25) is 0 Å². The van der Waals surface area contributed by atoms with Crippen LogP contribution in [0.1, 0.15) is 16.7 Å². The van der Waals surface area contributed by atoms with Crippen molar-refractivity contribution >= 4 is 33.0 Å². The maximum absolute atomic E-state index is 6.00. The first-order valence-corrected chi connectivity index (χ1v) is 6.67. The molecule has 2 rings (SSSR count). The molecular formula is C15H17BrN2. The highest BCUT2D eigenvalue weighted by atomic mass is 79.9. The molecule has 94 valence electrons. The Morgan fingerprint density at radius 3 is 2.17 bits per heavy atom. The number of hydrogen-bond donors (Lipinski definition) is 2. The molecule has 0 spiro atoms. The highest BCUT2D eigenvalue weighted by Crippen LogP contribution is 2.30. The lowest BCUT2D eigenvalue weighted by Gasteiger charge is -2.14. The summed E-state index contributed by atoms with van der Waals surface area (Å²) in [6, 6.07) is 10.2. The molecule has 0 aliphatic carbocycles. The minimum absolute atomic E-state index is 0.772. The molecule has 18 heavy (non-hydrogen) atoms. The zero-order valence-corrected chi connectivity index (χ0v) is 12.4. The molecule has 2 aromatic rings. The lowest BCUT2D eigenvalue weighted by Crippen LogP contribution is -1.99. The molecule has 0 heterocycles. The van der Waals surface area contributed by atoms with Crippen molar-refractivity contribution in [3.05, 3.63) is 51.5 Å². The Morgan fingerprint density at radius 2 is 1.61 bits per heavy atom. The average Bonchev–Trinajstić information content (AvgIpc) is 2.31. The van der Waals surface area contributed by atoms with E-state index < -0.39 is 0 Å². The lowest BCUT2D eigenvalue weighted by atomic mass is 10.1. The molecule has 0 saturated heterocycles. The summed E-state index contributed by atoms with van der Waals surface area (Å²) in [6.45, 7) is 6.23. The van der Waals surface area contributed by atoms with E-state index in [0.717, 1.165) is 27.1 Å². The molecule has 2 nitrogen and oxygen atoms in total. The zero-order valence-electron chi connectivity index (χ0n) is 10.8. The number of para-hydroxylation sites is 1. The minimum atomic E-state index is 0.772. The van der Waals surface area contributed by atoms with Crippen LogP contribution in [-0.4, -0.2) is 0 Å². The topological polar surface area (TPSA) is 38.0 Å².